The van der Waals surface area contributed by atoms with Gasteiger partial charge in [0.05, 0.1) is 0 Å². The van der Waals surface area contributed by atoms with Crippen LogP contribution in [0.15, 0.2) is 48.8 Å². The van der Waals surface area contributed by atoms with Crippen LogP contribution in [-0.2, 0) is 0 Å². The Kier molecular flexibility index (Phi) is 3.58. The first-order valence-corrected chi connectivity index (χ1v) is 6.24. The van der Waals surface area contributed by atoms with E-state index in [1.54, 1.807) is 0 Å². The second-order valence-electron chi connectivity index (χ2n) is 4.67. The fourth-order valence-electron chi connectivity index (χ4n) is 2.41. The maximum absolute atomic E-state index is 2.33. The van der Waals surface area contributed by atoms with Crippen molar-refractivity contribution in [2.24, 2.45) is 0 Å². The molecule has 1 unspecified atom stereocenters. The Bertz CT molecular complexity index is 468. The number of benzene rings is 1. The smallest absolute Gasteiger partial charge is 0.183 e. The Hall–Kier alpha value is -1.63. The topological polar surface area (TPSA) is 3.88 Å². The van der Waals surface area contributed by atoms with Crippen molar-refractivity contribution in [3.05, 3.63) is 65.5 Å². The molecule has 0 spiro atoms. The third-order valence-electron chi connectivity index (χ3n) is 3.09. The Labute approximate surface area is 104 Å². The number of nitrogens with zero attached hydrogens (tertiary/aromatic N) is 1. The number of aromatic nitrogens is 1. The summed E-state index contributed by atoms with van der Waals surface area (Å²) in [5.74, 6) is 0. The van der Waals surface area contributed by atoms with E-state index in [9.17, 15) is 0 Å². The van der Waals surface area contributed by atoms with Crippen molar-refractivity contribution >= 4 is 0 Å². The molecule has 0 fully saturated rings. The van der Waals surface area contributed by atoms with E-state index in [1.165, 1.54) is 16.7 Å². The first kappa shape index (κ1) is 11.8. The molecule has 0 saturated carbocycles. The summed E-state index contributed by atoms with van der Waals surface area (Å²) >= 11 is 0. The van der Waals surface area contributed by atoms with Crippen molar-refractivity contribution in [2.75, 3.05) is 0 Å². The maximum atomic E-state index is 2.33. The molecule has 2 aromatic rings. The fraction of sp³-hybridized carbons (Fsp3) is 0.312. The summed E-state index contributed by atoms with van der Waals surface area (Å²) in [4.78, 5) is 0. The van der Waals surface area contributed by atoms with E-state index in [-0.39, 0.29) is 0 Å². The van der Waals surface area contributed by atoms with Gasteiger partial charge in [0.1, 0.15) is 0 Å². The molecule has 0 aliphatic rings. The molecule has 0 radical (unpaired) electrons. The lowest BCUT2D eigenvalue weighted by Crippen LogP contribution is -2.39. The summed E-state index contributed by atoms with van der Waals surface area (Å²) in [7, 11) is 0. The van der Waals surface area contributed by atoms with Crippen LogP contribution < -0.4 is 4.57 Å². The third-order valence-corrected chi connectivity index (χ3v) is 3.09. The molecule has 1 nitrogen and oxygen atoms in total. The number of hydrogen-bond donors (Lipinski definition) is 0. The zero-order valence-corrected chi connectivity index (χ0v) is 10.9. The highest BCUT2D eigenvalue weighted by Crippen LogP contribution is 2.16. The van der Waals surface area contributed by atoms with Gasteiger partial charge in [-0.3, -0.25) is 0 Å². The first-order chi connectivity index (χ1) is 8.20. The molecule has 0 amide bonds. The molecule has 0 aliphatic heterocycles. The molecule has 1 heteroatoms. The van der Waals surface area contributed by atoms with Gasteiger partial charge in [0.15, 0.2) is 18.4 Å². The van der Waals surface area contributed by atoms with Gasteiger partial charge in [-0.05, 0) is 19.9 Å². The van der Waals surface area contributed by atoms with E-state index < -0.39 is 0 Å². The summed E-state index contributed by atoms with van der Waals surface area (Å²) in [6.45, 7) is 6.55. The number of hydrogen-bond acceptors (Lipinski definition) is 0. The summed E-state index contributed by atoms with van der Waals surface area (Å²) < 4.78 is 2.33. The summed E-state index contributed by atoms with van der Waals surface area (Å²) in [5.41, 5.74) is 4.02. The SMILES string of the molecule is CCC(c1ccccc1)[n+]1cc(C)cc(C)c1. The van der Waals surface area contributed by atoms with Gasteiger partial charge < -0.3 is 0 Å². The van der Waals surface area contributed by atoms with Crippen LogP contribution in [0.1, 0.15) is 36.1 Å². The molecule has 17 heavy (non-hydrogen) atoms. The molecule has 88 valence electrons. The molecular formula is C16H20N+. The molecule has 1 atom stereocenters. The summed E-state index contributed by atoms with van der Waals surface area (Å²) in [6, 6.07) is 13.4. The van der Waals surface area contributed by atoms with Gasteiger partial charge >= 0.3 is 0 Å². The number of aryl methyl sites for hydroxylation is 2. The monoisotopic (exact) mass is 226 g/mol. The Morgan fingerprint density at radius 2 is 1.59 bits per heavy atom. The van der Waals surface area contributed by atoms with Crippen LogP contribution in [0.2, 0.25) is 0 Å². The van der Waals surface area contributed by atoms with Crippen molar-refractivity contribution in [3.63, 3.8) is 0 Å². The minimum Gasteiger partial charge on any atom is -0.198 e. The molecule has 1 aromatic carbocycles. The van der Waals surface area contributed by atoms with Crippen LogP contribution in [0.5, 0.6) is 0 Å². The van der Waals surface area contributed by atoms with E-state index >= 15 is 0 Å². The molecule has 1 aromatic heterocycles. The largest absolute Gasteiger partial charge is 0.198 e. The van der Waals surface area contributed by atoms with E-state index in [4.69, 9.17) is 0 Å². The molecule has 0 bridgehead atoms. The first-order valence-electron chi connectivity index (χ1n) is 6.24. The quantitative estimate of drug-likeness (QED) is 0.704. The number of rotatable bonds is 3. The highest BCUT2D eigenvalue weighted by molar-refractivity contribution is 5.18. The van der Waals surface area contributed by atoms with Gasteiger partial charge in [-0.25, -0.2) is 0 Å². The van der Waals surface area contributed by atoms with E-state index in [2.05, 4.69) is 74.1 Å². The maximum Gasteiger partial charge on any atom is 0.183 e. The zero-order valence-electron chi connectivity index (χ0n) is 10.9. The van der Waals surface area contributed by atoms with Crippen molar-refractivity contribution in [1.29, 1.82) is 0 Å². The van der Waals surface area contributed by atoms with Crippen LogP contribution in [0.4, 0.5) is 0 Å². The van der Waals surface area contributed by atoms with Crippen LogP contribution >= 0.6 is 0 Å². The van der Waals surface area contributed by atoms with Crippen molar-refractivity contribution in [3.8, 4) is 0 Å². The highest BCUT2D eigenvalue weighted by Gasteiger charge is 2.18. The Morgan fingerprint density at radius 1 is 1.00 bits per heavy atom. The molecule has 0 N–H and O–H groups in total. The van der Waals surface area contributed by atoms with Gasteiger partial charge in [-0.1, -0.05) is 37.3 Å². The minimum absolute atomic E-state index is 0.440. The standard InChI is InChI=1S/C16H20N/c1-4-16(15-8-6-5-7-9-15)17-11-13(2)10-14(3)12-17/h5-12,16H,4H2,1-3H3/q+1. The average Bonchev–Trinajstić information content (AvgIpc) is 2.30. The van der Waals surface area contributed by atoms with Crippen LogP contribution in [-0.4, -0.2) is 0 Å². The molecule has 2 rings (SSSR count). The minimum atomic E-state index is 0.440. The Balaban J connectivity index is 2.42. The van der Waals surface area contributed by atoms with Gasteiger partial charge in [0.25, 0.3) is 0 Å². The van der Waals surface area contributed by atoms with Gasteiger partial charge in [-0.15, -0.1) is 0 Å². The van der Waals surface area contributed by atoms with Crippen LogP contribution in [0, 0.1) is 13.8 Å². The fourth-order valence-corrected chi connectivity index (χ4v) is 2.41. The lowest BCUT2D eigenvalue weighted by atomic mass is 10.0. The lowest BCUT2D eigenvalue weighted by molar-refractivity contribution is -0.714. The zero-order chi connectivity index (χ0) is 12.3. The second kappa shape index (κ2) is 5.13. The highest BCUT2D eigenvalue weighted by atomic mass is 15.0. The molecule has 0 saturated heterocycles. The average molecular weight is 226 g/mol. The van der Waals surface area contributed by atoms with E-state index in [0.29, 0.717) is 6.04 Å². The van der Waals surface area contributed by atoms with Crippen LogP contribution in [0.25, 0.3) is 0 Å². The number of pyridine rings is 1. The summed E-state index contributed by atoms with van der Waals surface area (Å²) in [6.07, 6.45) is 5.57. The van der Waals surface area contributed by atoms with Crippen molar-refractivity contribution in [2.45, 2.75) is 33.2 Å². The molecule has 1 heterocycles. The third kappa shape index (κ3) is 2.73. The summed E-state index contributed by atoms with van der Waals surface area (Å²) in [5, 5.41) is 0. The van der Waals surface area contributed by atoms with Crippen molar-refractivity contribution in [1.82, 2.24) is 0 Å². The Morgan fingerprint density at radius 3 is 2.12 bits per heavy atom. The second-order valence-corrected chi connectivity index (χ2v) is 4.67. The normalized spacial score (nSPS) is 12.4. The lowest BCUT2D eigenvalue weighted by Gasteiger charge is -2.11. The van der Waals surface area contributed by atoms with Crippen LogP contribution in [0.3, 0.4) is 0 Å². The van der Waals surface area contributed by atoms with Gasteiger partial charge in [-0.2, -0.15) is 4.57 Å². The predicted molar refractivity (Wildman–Crippen MR) is 71.0 cm³/mol. The van der Waals surface area contributed by atoms with Gasteiger partial charge in [0, 0.05) is 23.1 Å². The van der Waals surface area contributed by atoms with E-state index in [1.807, 2.05) is 0 Å². The predicted octanol–water partition coefficient (Wildman–Crippen LogP) is 3.59. The molecule has 0 aliphatic carbocycles. The van der Waals surface area contributed by atoms with Crippen molar-refractivity contribution < 1.29 is 4.57 Å². The van der Waals surface area contributed by atoms with E-state index in [0.717, 1.165) is 6.42 Å². The van der Waals surface area contributed by atoms with Gasteiger partial charge in [0.2, 0.25) is 0 Å². The molecular weight excluding hydrogens is 206 g/mol.